The number of nitrogens with zero attached hydrogens (tertiary/aromatic N) is 3. The number of benzene rings is 2. The largest absolute Gasteiger partial charge is 0.493 e. The molecule has 1 amide bonds. The molecule has 7 nitrogen and oxygen atoms in total. The average molecular weight is 379 g/mol. The van der Waals surface area contributed by atoms with E-state index in [2.05, 4.69) is 10.1 Å². The fraction of sp³-hybridized carbons (Fsp3) is 0.286. The summed E-state index contributed by atoms with van der Waals surface area (Å²) in [7, 11) is 3.15. The van der Waals surface area contributed by atoms with Crippen LogP contribution in [-0.2, 0) is 4.79 Å². The van der Waals surface area contributed by atoms with E-state index in [-0.39, 0.29) is 11.8 Å². The number of methoxy groups -OCH3 is 2. The lowest BCUT2D eigenvalue weighted by Gasteiger charge is -2.18. The van der Waals surface area contributed by atoms with Gasteiger partial charge in [0.25, 0.3) is 5.89 Å². The van der Waals surface area contributed by atoms with E-state index in [0.717, 1.165) is 16.8 Å². The molecule has 1 aliphatic rings. The molecule has 3 aromatic rings. The van der Waals surface area contributed by atoms with Crippen LogP contribution in [0.15, 0.2) is 47.0 Å². The van der Waals surface area contributed by atoms with Crippen LogP contribution in [0.1, 0.15) is 23.7 Å². The maximum atomic E-state index is 12.6. The number of aromatic nitrogens is 2. The predicted molar refractivity (Wildman–Crippen MR) is 104 cm³/mol. The molecule has 4 rings (SSSR count). The number of anilines is 1. The SMILES string of the molecule is COc1ccc(N2C[C@H](c3noc(-c4ccc(C)cc4)n3)CC2=O)cc1OC. The molecule has 1 aliphatic heterocycles. The number of amides is 1. The fourth-order valence-electron chi connectivity index (χ4n) is 3.34. The Bertz CT molecular complexity index is 997. The molecule has 144 valence electrons. The summed E-state index contributed by atoms with van der Waals surface area (Å²) in [5.74, 6) is 2.11. The van der Waals surface area contributed by atoms with Crippen molar-refractivity contribution in [3.05, 3.63) is 53.9 Å². The number of carbonyl (C=O) groups is 1. The first-order valence-corrected chi connectivity index (χ1v) is 9.02. The lowest BCUT2D eigenvalue weighted by atomic mass is 10.1. The van der Waals surface area contributed by atoms with Gasteiger partial charge in [0.1, 0.15) is 0 Å². The summed E-state index contributed by atoms with van der Waals surface area (Å²) < 4.78 is 16.0. The first kappa shape index (κ1) is 18.0. The molecule has 28 heavy (non-hydrogen) atoms. The van der Waals surface area contributed by atoms with E-state index in [9.17, 15) is 4.79 Å². The Hall–Kier alpha value is -3.35. The van der Waals surface area contributed by atoms with E-state index in [0.29, 0.717) is 36.2 Å². The predicted octanol–water partition coefficient (Wildman–Crippen LogP) is 3.58. The monoisotopic (exact) mass is 379 g/mol. The van der Waals surface area contributed by atoms with Crippen molar-refractivity contribution in [1.29, 1.82) is 0 Å². The molecule has 1 saturated heterocycles. The second-order valence-corrected chi connectivity index (χ2v) is 6.77. The zero-order valence-electron chi connectivity index (χ0n) is 16.0. The third kappa shape index (κ3) is 3.31. The van der Waals surface area contributed by atoms with Gasteiger partial charge in [-0.3, -0.25) is 4.79 Å². The van der Waals surface area contributed by atoms with Crippen molar-refractivity contribution in [1.82, 2.24) is 10.1 Å². The average Bonchev–Trinajstić information content (AvgIpc) is 3.35. The van der Waals surface area contributed by atoms with Crippen molar-refractivity contribution in [2.45, 2.75) is 19.3 Å². The molecule has 0 N–H and O–H groups in total. The molecule has 0 saturated carbocycles. The molecule has 7 heteroatoms. The maximum Gasteiger partial charge on any atom is 0.257 e. The highest BCUT2D eigenvalue weighted by molar-refractivity contribution is 5.96. The molecule has 1 fully saturated rings. The Morgan fingerprint density at radius 3 is 2.54 bits per heavy atom. The normalized spacial score (nSPS) is 16.5. The standard InChI is InChI=1S/C21H21N3O4/c1-13-4-6-14(7-5-13)21-22-20(23-28-21)15-10-19(25)24(12-15)16-8-9-17(26-2)18(11-16)27-3/h4-9,11,15H,10,12H2,1-3H3/t15-/m1/s1. The van der Waals surface area contributed by atoms with Gasteiger partial charge in [-0.2, -0.15) is 4.98 Å². The highest BCUT2D eigenvalue weighted by atomic mass is 16.5. The Morgan fingerprint density at radius 1 is 1.07 bits per heavy atom. The number of aryl methyl sites for hydroxylation is 1. The number of rotatable bonds is 5. The van der Waals surface area contributed by atoms with Crippen molar-refractivity contribution in [2.24, 2.45) is 0 Å². The van der Waals surface area contributed by atoms with Crippen molar-refractivity contribution in [3.8, 4) is 23.0 Å². The molecule has 1 aromatic heterocycles. The zero-order valence-corrected chi connectivity index (χ0v) is 16.0. The molecule has 0 radical (unpaired) electrons. The van der Waals surface area contributed by atoms with Crippen LogP contribution in [-0.4, -0.2) is 36.8 Å². The van der Waals surface area contributed by atoms with Crippen LogP contribution < -0.4 is 14.4 Å². The van der Waals surface area contributed by atoms with E-state index in [4.69, 9.17) is 14.0 Å². The van der Waals surface area contributed by atoms with E-state index in [1.807, 2.05) is 37.3 Å². The van der Waals surface area contributed by atoms with Crippen molar-refractivity contribution < 1.29 is 18.8 Å². The Kier molecular flexibility index (Phi) is 4.73. The third-order valence-corrected chi connectivity index (χ3v) is 4.91. The molecule has 0 aliphatic carbocycles. The number of ether oxygens (including phenoxy) is 2. The molecule has 0 spiro atoms. The molecule has 2 aromatic carbocycles. The summed E-state index contributed by atoms with van der Waals surface area (Å²) in [6, 6.07) is 13.3. The summed E-state index contributed by atoms with van der Waals surface area (Å²) in [5.41, 5.74) is 2.79. The minimum atomic E-state index is -0.122. The second kappa shape index (κ2) is 7.34. The third-order valence-electron chi connectivity index (χ3n) is 4.91. The van der Waals surface area contributed by atoms with Gasteiger partial charge in [0.15, 0.2) is 17.3 Å². The lowest BCUT2D eigenvalue weighted by molar-refractivity contribution is -0.117. The molecular weight excluding hydrogens is 358 g/mol. The number of carbonyl (C=O) groups excluding carboxylic acids is 1. The van der Waals surface area contributed by atoms with Crippen LogP contribution in [0.25, 0.3) is 11.5 Å². The Labute approximate surface area is 162 Å². The minimum Gasteiger partial charge on any atom is -0.493 e. The van der Waals surface area contributed by atoms with Crippen LogP contribution in [0.4, 0.5) is 5.69 Å². The number of hydrogen-bond donors (Lipinski definition) is 0. The van der Waals surface area contributed by atoms with Gasteiger partial charge >= 0.3 is 0 Å². The van der Waals surface area contributed by atoms with Crippen molar-refractivity contribution in [2.75, 3.05) is 25.7 Å². The minimum absolute atomic E-state index is 0.0129. The summed E-state index contributed by atoms with van der Waals surface area (Å²) in [6.45, 7) is 2.51. The lowest BCUT2D eigenvalue weighted by Crippen LogP contribution is -2.24. The first-order chi connectivity index (χ1) is 13.6. The van der Waals surface area contributed by atoms with Crippen LogP contribution in [0.3, 0.4) is 0 Å². The van der Waals surface area contributed by atoms with Crippen molar-refractivity contribution in [3.63, 3.8) is 0 Å². The maximum absolute atomic E-state index is 12.6. The Balaban J connectivity index is 1.55. The van der Waals surface area contributed by atoms with E-state index in [1.54, 1.807) is 31.3 Å². The fourth-order valence-corrected chi connectivity index (χ4v) is 3.34. The topological polar surface area (TPSA) is 77.7 Å². The summed E-state index contributed by atoms with van der Waals surface area (Å²) in [4.78, 5) is 18.8. The highest BCUT2D eigenvalue weighted by Gasteiger charge is 2.35. The summed E-state index contributed by atoms with van der Waals surface area (Å²) in [6.07, 6.45) is 0.335. The zero-order chi connectivity index (χ0) is 19.7. The Morgan fingerprint density at radius 2 is 1.82 bits per heavy atom. The summed E-state index contributed by atoms with van der Waals surface area (Å²) in [5, 5.41) is 4.11. The van der Waals surface area contributed by atoms with E-state index < -0.39 is 0 Å². The first-order valence-electron chi connectivity index (χ1n) is 9.02. The van der Waals surface area contributed by atoms with E-state index in [1.165, 1.54) is 0 Å². The van der Waals surface area contributed by atoms with Crippen molar-refractivity contribution >= 4 is 11.6 Å². The second-order valence-electron chi connectivity index (χ2n) is 6.77. The molecule has 2 heterocycles. The van der Waals surface area contributed by atoms with Gasteiger partial charge in [-0.05, 0) is 31.2 Å². The van der Waals surface area contributed by atoms with Gasteiger partial charge in [0.2, 0.25) is 5.91 Å². The van der Waals surface area contributed by atoms with Crippen LogP contribution >= 0.6 is 0 Å². The quantitative estimate of drug-likeness (QED) is 0.674. The van der Waals surface area contributed by atoms with Gasteiger partial charge in [-0.25, -0.2) is 0 Å². The van der Waals surface area contributed by atoms with Gasteiger partial charge in [0, 0.05) is 36.2 Å². The highest BCUT2D eigenvalue weighted by Crippen LogP contribution is 2.36. The molecule has 1 atom stereocenters. The molecule has 0 bridgehead atoms. The van der Waals surface area contributed by atoms with E-state index >= 15 is 0 Å². The van der Waals surface area contributed by atoms with Gasteiger partial charge in [-0.15, -0.1) is 0 Å². The number of hydrogen-bond acceptors (Lipinski definition) is 6. The van der Waals surface area contributed by atoms with Crippen LogP contribution in [0.2, 0.25) is 0 Å². The van der Waals surface area contributed by atoms with Crippen LogP contribution in [0.5, 0.6) is 11.5 Å². The molecule has 0 unspecified atom stereocenters. The van der Waals surface area contributed by atoms with Gasteiger partial charge in [0.05, 0.1) is 14.2 Å². The van der Waals surface area contributed by atoms with Crippen LogP contribution in [0, 0.1) is 6.92 Å². The summed E-state index contributed by atoms with van der Waals surface area (Å²) >= 11 is 0. The smallest absolute Gasteiger partial charge is 0.257 e. The molecular formula is C21H21N3O4. The van der Waals surface area contributed by atoms with Gasteiger partial charge in [-0.1, -0.05) is 22.9 Å². The van der Waals surface area contributed by atoms with Gasteiger partial charge < -0.3 is 18.9 Å².